The fraction of sp³-hybridized carbons (Fsp3) is 0.450. The van der Waals surface area contributed by atoms with E-state index < -0.39 is 0 Å². The number of thioether (sulfide) groups is 1. The molecule has 0 N–H and O–H groups in total. The number of carbonyl (C=O) groups excluding carboxylic acids is 1. The number of benzene rings is 2. The van der Waals surface area contributed by atoms with Crippen LogP contribution in [0.5, 0.6) is 5.75 Å². The third-order valence-electron chi connectivity index (χ3n) is 5.23. The first-order chi connectivity index (χ1) is 11.8. The quantitative estimate of drug-likeness (QED) is 0.806. The number of carbonyl (C=O) groups is 1. The van der Waals surface area contributed by atoms with E-state index in [1.807, 2.05) is 6.07 Å². The summed E-state index contributed by atoms with van der Waals surface area (Å²) in [6.07, 6.45) is 6.14. The van der Waals surface area contributed by atoms with Gasteiger partial charge in [0.25, 0.3) is 0 Å². The van der Waals surface area contributed by atoms with Gasteiger partial charge in [-0.3, -0.25) is 4.79 Å². The van der Waals surface area contributed by atoms with Crippen molar-refractivity contribution in [3.8, 4) is 5.75 Å². The van der Waals surface area contributed by atoms with Crippen LogP contribution in [0.2, 0.25) is 0 Å². The molecule has 2 fully saturated rings. The fourth-order valence-electron chi connectivity index (χ4n) is 3.97. The first kappa shape index (κ1) is 15.8. The van der Waals surface area contributed by atoms with Gasteiger partial charge in [-0.25, -0.2) is 0 Å². The zero-order chi connectivity index (χ0) is 16.5. The molecule has 3 nitrogen and oxygen atoms in total. The van der Waals surface area contributed by atoms with E-state index in [-0.39, 0.29) is 5.37 Å². The van der Waals surface area contributed by atoms with Gasteiger partial charge >= 0.3 is 0 Å². The highest BCUT2D eigenvalue weighted by Gasteiger charge is 2.38. The molecule has 1 saturated heterocycles. The molecular weight excluding hydrogens is 318 g/mol. The van der Waals surface area contributed by atoms with Crippen LogP contribution >= 0.6 is 11.8 Å². The zero-order valence-corrected chi connectivity index (χ0v) is 14.8. The van der Waals surface area contributed by atoms with Crippen molar-refractivity contribution in [3.63, 3.8) is 0 Å². The molecule has 1 amide bonds. The zero-order valence-electron chi connectivity index (χ0n) is 14.0. The van der Waals surface area contributed by atoms with Gasteiger partial charge < -0.3 is 9.64 Å². The smallest absolute Gasteiger partial charge is 0.234 e. The van der Waals surface area contributed by atoms with Crippen LogP contribution in [-0.2, 0) is 4.79 Å². The van der Waals surface area contributed by atoms with E-state index in [4.69, 9.17) is 4.74 Å². The molecule has 126 valence electrons. The largest absolute Gasteiger partial charge is 0.497 e. The molecule has 24 heavy (non-hydrogen) atoms. The van der Waals surface area contributed by atoms with Crippen LogP contribution in [0.15, 0.2) is 36.4 Å². The van der Waals surface area contributed by atoms with Crippen LogP contribution in [0, 0.1) is 0 Å². The number of ether oxygens (including phenoxy) is 1. The van der Waals surface area contributed by atoms with Gasteiger partial charge in [-0.1, -0.05) is 37.5 Å². The lowest BCUT2D eigenvalue weighted by atomic mass is 9.93. The highest BCUT2D eigenvalue weighted by Crippen LogP contribution is 2.43. The Balaban J connectivity index is 1.66. The summed E-state index contributed by atoms with van der Waals surface area (Å²) in [5, 5.41) is 2.56. The Kier molecular flexibility index (Phi) is 4.40. The van der Waals surface area contributed by atoms with Crippen molar-refractivity contribution in [1.82, 2.24) is 4.90 Å². The molecule has 2 aliphatic rings. The van der Waals surface area contributed by atoms with Gasteiger partial charge in [-0.2, -0.15) is 0 Å². The molecule has 1 heterocycles. The van der Waals surface area contributed by atoms with Crippen molar-refractivity contribution < 1.29 is 9.53 Å². The second kappa shape index (κ2) is 6.67. The third kappa shape index (κ3) is 2.88. The van der Waals surface area contributed by atoms with Crippen LogP contribution in [0.4, 0.5) is 0 Å². The van der Waals surface area contributed by atoms with E-state index >= 15 is 0 Å². The molecule has 4 heteroatoms. The number of rotatable bonds is 3. The summed E-state index contributed by atoms with van der Waals surface area (Å²) in [7, 11) is 1.69. The number of fused-ring (bicyclic) bond motifs is 1. The number of nitrogens with zero attached hydrogens (tertiary/aromatic N) is 1. The second-order valence-electron chi connectivity index (χ2n) is 6.73. The van der Waals surface area contributed by atoms with Gasteiger partial charge in [0, 0.05) is 6.04 Å². The van der Waals surface area contributed by atoms with E-state index in [0.717, 1.165) is 18.6 Å². The lowest BCUT2D eigenvalue weighted by Gasteiger charge is -2.35. The molecule has 0 spiro atoms. The van der Waals surface area contributed by atoms with Crippen LogP contribution in [0.1, 0.15) is 43.0 Å². The van der Waals surface area contributed by atoms with E-state index in [1.54, 1.807) is 18.9 Å². The molecule has 2 aromatic rings. The lowest BCUT2D eigenvalue weighted by Crippen LogP contribution is -2.39. The molecular formula is C20H23NO2S. The Hall–Kier alpha value is -1.68. The average molecular weight is 341 g/mol. The Morgan fingerprint density at radius 3 is 2.58 bits per heavy atom. The summed E-state index contributed by atoms with van der Waals surface area (Å²) < 4.78 is 5.31. The molecule has 0 aromatic heterocycles. The normalized spacial score (nSPS) is 22.3. The highest BCUT2D eigenvalue weighted by molar-refractivity contribution is 8.00. The van der Waals surface area contributed by atoms with Crippen molar-refractivity contribution in [1.29, 1.82) is 0 Å². The molecule has 0 bridgehead atoms. The second-order valence-corrected chi connectivity index (χ2v) is 7.80. The number of hydrogen-bond donors (Lipinski definition) is 0. The van der Waals surface area contributed by atoms with E-state index in [9.17, 15) is 4.79 Å². The van der Waals surface area contributed by atoms with Crippen LogP contribution in [-0.4, -0.2) is 29.7 Å². The van der Waals surface area contributed by atoms with Crippen molar-refractivity contribution in [2.75, 3.05) is 12.9 Å². The minimum atomic E-state index is 0.173. The van der Waals surface area contributed by atoms with E-state index in [0.29, 0.717) is 17.7 Å². The van der Waals surface area contributed by atoms with Crippen molar-refractivity contribution >= 4 is 28.4 Å². The Bertz CT molecular complexity index is 754. The summed E-state index contributed by atoms with van der Waals surface area (Å²) >= 11 is 1.77. The Morgan fingerprint density at radius 1 is 1.04 bits per heavy atom. The predicted molar refractivity (Wildman–Crippen MR) is 99.4 cm³/mol. The van der Waals surface area contributed by atoms with Gasteiger partial charge in [-0.15, -0.1) is 11.8 Å². The topological polar surface area (TPSA) is 29.5 Å². The van der Waals surface area contributed by atoms with Gasteiger partial charge in [0.2, 0.25) is 5.91 Å². The summed E-state index contributed by atoms with van der Waals surface area (Å²) in [6.45, 7) is 0. The highest BCUT2D eigenvalue weighted by atomic mass is 32.2. The lowest BCUT2D eigenvalue weighted by molar-refractivity contribution is -0.131. The van der Waals surface area contributed by atoms with Crippen molar-refractivity contribution in [2.45, 2.75) is 43.5 Å². The Morgan fingerprint density at radius 2 is 1.79 bits per heavy atom. The summed E-state index contributed by atoms with van der Waals surface area (Å²) in [4.78, 5) is 14.7. The molecule has 4 rings (SSSR count). The molecule has 2 aromatic carbocycles. The molecule has 0 radical (unpaired) electrons. The van der Waals surface area contributed by atoms with Gasteiger partial charge in [-0.05, 0) is 47.4 Å². The first-order valence-corrected chi connectivity index (χ1v) is 9.81. The minimum absolute atomic E-state index is 0.173. The maximum absolute atomic E-state index is 12.5. The number of amides is 1. The Labute approximate surface area is 147 Å². The number of hydrogen-bond acceptors (Lipinski definition) is 3. The predicted octanol–water partition coefficient (Wildman–Crippen LogP) is 4.76. The summed E-state index contributed by atoms with van der Waals surface area (Å²) in [5.41, 5.74) is 1.24. The fourth-order valence-corrected chi connectivity index (χ4v) is 5.21. The van der Waals surface area contributed by atoms with Gasteiger partial charge in [0.15, 0.2) is 0 Å². The van der Waals surface area contributed by atoms with E-state index in [2.05, 4.69) is 35.2 Å². The monoisotopic (exact) mass is 341 g/mol. The molecule has 0 unspecified atom stereocenters. The molecule has 1 saturated carbocycles. The van der Waals surface area contributed by atoms with Crippen LogP contribution in [0.25, 0.3) is 10.8 Å². The summed E-state index contributed by atoms with van der Waals surface area (Å²) in [6, 6.07) is 13.1. The van der Waals surface area contributed by atoms with Gasteiger partial charge in [0.05, 0.1) is 12.9 Å². The first-order valence-electron chi connectivity index (χ1n) is 8.77. The average Bonchev–Trinajstić information content (AvgIpc) is 3.03. The molecule has 1 atom stereocenters. The van der Waals surface area contributed by atoms with Crippen LogP contribution in [0.3, 0.4) is 0 Å². The number of methoxy groups -OCH3 is 1. The maximum Gasteiger partial charge on any atom is 0.234 e. The minimum Gasteiger partial charge on any atom is -0.497 e. The van der Waals surface area contributed by atoms with E-state index in [1.165, 1.54) is 35.6 Å². The van der Waals surface area contributed by atoms with Crippen molar-refractivity contribution in [3.05, 3.63) is 42.0 Å². The van der Waals surface area contributed by atoms with Crippen LogP contribution < -0.4 is 4.74 Å². The maximum atomic E-state index is 12.5. The van der Waals surface area contributed by atoms with Crippen molar-refractivity contribution in [2.24, 2.45) is 0 Å². The van der Waals surface area contributed by atoms with Gasteiger partial charge in [0.1, 0.15) is 11.1 Å². The molecule has 1 aliphatic heterocycles. The summed E-state index contributed by atoms with van der Waals surface area (Å²) in [5.74, 6) is 1.80. The third-order valence-corrected chi connectivity index (χ3v) is 6.46. The standard InChI is InChI=1S/C20H23NO2S/c1-23-18-10-9-14-11-16(8-7-15(14)12-18)20-21(19(22)13-24-20)17-5-3-2-4-6-17/h7-12,17,20H,2-6,13H2,1H3/t20-/m1/s1. The molecule has 1 aliphatic carbocycles. The SMILES string of the molecule is COc1ccc2cc([C@H]3SCC(=O)N3C3CCCCC3)ccc2c1.